The summed E-state index contributed by atoms with van der Waals surface area (Å²) in [7, 11) is 0. The van der Waals surface area contributed by atoms with Crippen molar-refractivity contribution in [1.82, 2.24) is 9.78 Å². The second kappa shape index (κ2) is 8.94. The van der Waals surface area contributed by atoms with Crippen LogP contribution < -0.4 is 10.9 Å². The number of benzene rings is 2. The standard InChI is InChI=1S/C23H18ClN3O4S/c1-3-31-23(30)19-17-12-32-21(25-20(28)14-7-9-15(24)10-8-14)18(17)22(29)27(26-19)16-6-4-5-13(2)11-16/h4-12H,3H2,1-2H3,(H,25,28). The monoisotopic (exact) mass is 467 g/mol. The molecule has 0 saturated heterocycles. The second-order valence-corrected chi connectivity index (χ2v) is 8.26. The first kappa shape index (κ1) is 21.7. The molecule has 0 aliphatic rings. The van der Waals surface area contributed by atoms with E-state index in [4.69, 9.17) is 16.3 Å². The van der Waals surface area contributed by atoms with Gasteiger partial charge >= 0.3 is 5.97 Å². The van der Waals surface area contributed by atoms with Crippen molar-refractivity contribution in [1.29, 1.82) is 0 Å². The lowest BCUT2D eigenvalue weighted by Crippen LogP contribution is -2.25. The molecule has 0 aliphatic heterocycles. The van der Waals surface area contributed by atoms with E-state index in [1.165, 1.54) is 0 Å². The number of amides is 1. The molecule has 1 N–H and O–H groups in total. The summed E-state index contributed by atoms with van der Waals surface area (Å²) in [5, 5.41) is 10.0. The molecule has 32 heavy (non-hydrogen) atoms. The van der Waals surface area contributed by atoms with Crippen molar-refractivity contribution in [3.8, 4) is 5.69 Å². The van der Waals surface area contributed by atoms with Crippen molar-refractivity contribution in [3.63, 3.8) is 0 Å². The van der Waals surface area contributed by atoms with E-state index in [2.05, 4.69) is 10.4 Å². The molecule has 0 aliphatic carbocycles. The average Bonchev–Trinajstić information content (AvgIpc) is 3.18. The summed E-state index contributed by atoms with van der Waals surface area (Å²) in [6, 6.07) is 13.6. The van der Waals surface area contributed by atoms with Crippen molar-refractivity contribution in [2.24, 2.45) is 0 Å². The fourth-order valence-electron chi connectivity index (χ4n) is 3.20. The van der Waals surface area contributed by atoms with Crippen LogP contribution in [0.25, 0.3) is 16.5 Å². The maximum atomic E-state index is 13.4. The predicted molar refractivity (Wildman–Crippen MR) is 125 cm³/mol. The Balaban J connectivity index is 1.88. The minimum Gasteiger partial charge on any atom is -0.461 e. The summed E-state index contributed by atoms with van der Waals surface area (Å²) >= 11 is 7.03. The highest BCUT2D eigenvalue weighted by molar-refractivity contribution is 7.16. The van der Waals surface area contributed by atoms with E-state index in [9.17, 15) is 14.4 Å². The second-order valence-electron chi connectivity index (χ2n) is 6.94. The first-order valence-corrected chi connectivity index (χ1v) is 11.0. The van der Waals surface area contributed by atoms with Crippen LogP contribution in [-0.4, -0.2) is 28.3 Å². The molecule has 2 aromatic carbocycles. The number of halogens is 1. The van der Waals surface area contributed by atoms with Gasteiger partial charge in [-0.25, -0.2) is 4.79 Å². The van der Waals surface area contributed by atoms with Crippen LogP contribution in [0.1, 0.15) is 33.3 Å². The first-order valence-electron chi connectivity index (χ1n) is 9.74. The zero-order valence-electron chi connectivity index (χ0n) is 17.2. The summed E-state index contributed by atoms with van der Waals surface area (Å²) in [6.07, 6.45) is 0. The van der Waals surface area contributed by atoms with Gasteiger partial charge in [0.1, 0.15) is 5.00 Å². The number of anilines is 1. The van der Waals surface area contributed by atoms with E-state index in [1.807, 2.05) is 13.0 Å². The Morgan fingerprint density at radius 1 is 1.19 bits per heavy atom. The van der Waals surface area contributed by atoms with Crippen LogP contribution in [0, 0.1) is 6.92 Å². The quantitative estimate of drug-likeness (QED) is 0.424. The Kier molecular flexibility index (Phi) is 6.07. The van der Waals surface area contributed by atoms with Crippen molar-refractivity contribution in [2.45, 2.75) is 13.8 Å². The van der Waals surface area contributed by atoms with E-state index in [0.717, 1.165) is 21.6 Å². The Hall–Kier alpha value is -3.49. The number of ether oxygens (including phenoxy) is 1. The van der Waals surface area contributed by atoms with Crippen LogP contribution in [0.3, 0.4) is 0 Å². The normalized spacial score (nSPS) is 10.8. The van der Waals surface area contributed by atoms with Gasteiger partial charge in [0.15, 0.2) is 5.69 Å². The van der Waals surface area contributed by atoms with E-state index in [0.29, 0.717) is 26.7 Å². The number of rotatable bonds is 5. The van der Waals surface area contributed by atoms with Crippen LogP contribution in [0.2, 0.25) is 5.02 Å². The summed E-state index contributed by atoms with van der Waals surface area (Å²) in [5.74, 6) is -1.05. The number of nitrogens with one attached hydrogen (secondary N) is 1. The molecule has 1 amide bonds. The summed E-state index contributed by atoms with van der Waals surface area (Å²) in [5.41, 5.74) is 1.37. The molecule has 7 nitrogen and oxygen atoms in total. The molecule has 0 fully saturated rings. The molecule has 4 rings (SSSR count). The SMILES string of the molecule is CCOC(=O)c1nn(-c2cccc(C)c2)c(=O)c2c(NC(=O)c3ccc(Cl)cc3)scc12. The molecule has 0 radical (unpaired) electrons. The maximum absolute atomic E-state index is 13.4. The van der Waals surface area contributed by atoms with E-state index >= 15 is 0 Å². The topological polar surface area (TPSA) is 90.3 Å². The molecule has 4 aromatic rings. The van der Waals surface area contributed by atoms with Crippen LogP contribution >= 0.6 is 22.9 Å². The number of esters is 1. The highest BCUT2D eigenvalue weighted by atomic mass is 35.5. The molecule has 2 heterocycles. The Morgan fingerprint density at radius 3 is 2.62 bits per heavy atom. The van der Waals surface area contributed by atoms with Crippen molar-refractivity contribution in [3.05, 3.63) is 86.1 Å². The first-order chi connectivity index (χ1) is 15.4. The minimum absolute atomic E-state index is 0.00574. The molecule has 2 aromatic heterocycles. The number of aryl methyl sites for hydroxylation is 1. The smallest absolute Gasteiger partial charge is 0.359 e. The van der Waals surface area contributed by atoms with Crippen LogP contribution in [0.5, 0.6) is 0 Å². The zero-order valence-corrected chi connectivity index (χ0v) is 18.8. The summed E-state index contributed by atoms with van der Waals surface area (Å²) in [4.78, 5) is 38.7. The Bertz CT molecular complexity index is 1390. The Morgan fingerprint density at radius 2 is 1.94 bits per heavy atom. The molecule has 0 saturated carbocycles. The van der Waals surface area contributed by atoms with E-state index in [1.54, 1.807) is 54.8 Å². The number of hydrogen-bond donors (Lipinski definition) is 1. The highest BCUT2D eigenvalue weighted by Crippen LogP contribution is 2.31. The Labute approximate surface area is 192 Å². The number of carbonyl (C=O) groups is 2. The van der Waals surface area contributed by atoms with Crippen LogP contribution in [0.15, 0.2) is 58.7 Å². The summed E-state index contributed by atoms with van der Waals surface area (Å²) in [6.45, 7) is 3.74. The number of nitrogens with zero attached hydrogens (tertiary/aromatic N) is 2. The van der Waals surface area contributed by atoms with Gasteiger partial charge in [0.05, 0.1) is 17.7 Å². The lowest BCUT2D eigenvalue weighted by atomic mass is 10.2. The van der Waals surface area contributed by atoms with Gasteiger partial charge in [0.2, 0.25) is 0 Å². The number of fused-ring (bicyclic) bond motifs is 1. The molecule has 0 atom stereocenters. The van der Waals surface area contributed by atoms with Gasteiger partial charge in [0.25, 0.3) is 11.5 Å². The van der Waals surface area contributed by atoms with Crippen molar-refractivity contribution in [2.75, 3.05) is 11.9 Å². The van der Waals surface area contributed by atoms with Crippen LogP contribution in [0.4, 0.5) is 5.00 Å². The zero-order chi connectivity index (χ0) is 22.8. The van der Waals surface area contributed by atoms with Gasteiger partial charge in [-0.1, -0.05) is 23.7 Å². The highest BCUT2D eigenvalue weighted by Gasteiger charge is 2.23. The number of carbonyl (C=O) groups excluding carboxylic acids is 2. The lowest BCUT2D eigenvalue weighted by molar-refractivity contribution is 0.0520. The third-order valence-electron chi connectivity index (χ3n) is 4.70. The third kappa shape index (κ3) is 4.15. The van der Waals surface area contributed by atoms with Gasteiger partial charge in [-0.05, 0) is 55.8 Å². The molecule has 9 heteroatoms. The molecule has 0 spiro atoms. The molecule has 0 bridgehead atoms. The predicted octanol–water partition coefficient (Wildman–Crippen LogP) is 4.84. The minimum atomic E-state index is -0.646. The largest absolute Gasteiger partial charge is 0.461 e. The van der Waals surface area contributed by atoms with Gasteiger partial charge in [-0.2, -0.15) is 9.78 Å². The van der Waals surface area contributed by atoms with Crippen molar-refractivity contribution >= 4 is 50.6 Å². The summed E-state index contributed by atoms with van der Waals surface area (Å²) < 4.78 is 6.31. The fourth-order valence-corrected chi connectivity index (χ4v) is 4.26. The maximum Gasteiger partial charge on any atom is 0.359 e. The number of aromatic nitrogens is 2. The number of hydrogen-bond acceptors (Lipinski definition) is 6. The van der Waals surface area contributed by atoms with Crippen LogP contribution in [-0.2, 0) is 4.74 Å². The fraction of sp³-hybridized carbons (Fsp3) is 0.130. The molecular weight excluding hydrogens is 450 g/mol. The van der Waals surface area contributed by atoms with Crippen molar-refractivity contribution < 1.29 is 14.3 Å². The molecule has 0 unspecified atom stereocenters. The van der Waals surface area contributed by atoms with E-state index in [-0.39, 0.29) is 17.7 Å². The van der Waals surface area contributed by atoms with Gasteiger partial charge in [-0.15, -0.1) is 11.3 Å². The molecule has 162 valence electrons. The average molecular weight is 468 g/mol. The lowest BCUT2D eigenvalue weighted by Gasteiger charge is -2.10. The van der Waals surface area contributed by atoms with Gasteiger partial charge in [0, 0.05) is 21.4 Å². The van der Waals surface area contributed by atoms with Gasteiger partial charge < -0.3 is 10.1 Å². The number of thiophene rings is 1. The third-order valence-corrected chi connectivity index (χ3v) is 5.85. The van der Waals surface area contributed by atoms with Gasteiger partial charge in [-0.3, -0.25) is 9.59 Å². The van der Waals surface area contributed by atoms with E-state index < -0.39 is 17.4 Å². The molecular formula is C23H18ClN3O4S.